The number of nitrogens with zero attached hydrogens (tertiary/aromatic N) is 1. The molecule has 0 radical (unpaired) electrons. The minimum Gasteiger partial charge on any atom is -0.508 e. The van der Waals surface area contributed by atoms with Gasteiger partial charge in [0.1, 0.15) is 11.5 Å². The van der Waals surface area contributed by atoms with Crippen LogP contribution in [0.15, 0.2) is 48.5 Å². The largest absolute Gasteiger partial charge is 0.508 e. The van der Waals surface area contributed by atoms with E-state index >= 15 is 0 Å². The van der Waals surface area contributed by atoms with Crippen LogP contribution < -0.4 is 0 Å². The van der Waals surface area contributed by atoms with Crippen molar-refractivity contribution in [3.63, 3.8) is 0 Å². The summed E-state index contributed by atoms with van der Waals surface area (Å²) < 4.78 is 2.17. The number of aryl methyl sites for hydroxylation is 1. The van der Waals surface area contributed by atoms with E-state index in [0.29, 0.717) is 0 Å². The van der Waals surface area contributed by atoms with Crippen molar-refractivity contribution in [2.75, 3.05) is 0 Å². The van der Waals surface area contributed by atoms with Crippen LogP contribution in [-0.4, -0.2) is 14.8 Å². The number of benzene rings is 2. The van der Waals surface area contributed by atoms with Crippen molar-refractivity contribution in [1.29, 1.82) is 0 Å². The molecule has 3 rings (SSSR count). The second kappa shape index (κ2) is 4.35. The summed E-state index contributed by atoms with van der Waals surface area (Å²) in [6.45, 7) is 2.91. The molecule has 0 aliphatic rings. The Balaban J connectivity index is 2.28. The van der Waals surface area contributed by atoms with Crippen molar-refractivity contribution < 1.29 is 10.2 Å². The Morgan fingerprint density at radius 1 is 0.947 bits per heavy atom. The summed E-state index contributed by atoms with van der Waals surface area (Å²) in [5.41, 5.74) is 3.09. The van der Waals surface area contributed by atoms with Gasteiger partial charge in [-0.3, -0.25) is 0 Å². The van der Waals surface area contributed by atoms with Gasteiger partial charge in [0, 0.05) is 28.7 Å². The lowest BCUT2D eigenvalue weighted by molar-refractivity contribution is 0.475. The van der Waals surface area contributed by atoms with Gasteiger partial charge in [-0.05, 0) is 43.3 Å². The third-order valence-electron chi connectivity index (χ3n) is 3.34. The molecule has 3 nitrogen and oxygen atoms in total. The van der Waals surface area contributed by atoms with E-state index in [1.165, 1.54) is 0 Å². The van der Waals surface area contributed by atoms with Gasteiger partial charge in [-0.25, -0.2) is 0 Å². The van der Waals surface area contributed by atoms with E-state index in [-0.39, 0.29) is 11.5 Å². The van der Waals surface area contributed by atoms with Gasteiger partial charge in [-0.2, -0.15) is 0 Å². The predicted molar refractivity (Wildman–Crippen MR) is 76.4 cm³/mol. The van der Waals surface area contributed by atoms with Gasteiger partial charge >= 0.3 is 0 Å². The Morgan fingerprint density at radius 3 is 2.47 bits per heavy atom. The Bertz CT molecular complexity index is 744. The summed E-state index contributed by atoms with van der Waals surface area (Å²) in [4.78, 5) is 0. The molecule has 0 saturated carbocycles. The molecule has 0 bridgehead atoms. The Hall–Kier alpha value is -2.42. The highest BCUT2D eigenvalue weighted by atomic mass is 16.3. The fraction of sp³-hybridized carbons (Fsp3) is 0.125. The van der Waals surface area contributed by atoms with E-state index < -0.39 is 0 Å². The minimum atomic E-state index is 0.258. The highest BCUT2D eigenvalue weighted by molar-refractivity contribution is 5.88. The molecule has 0 atom stereocenters. The van der Waals surface area contributed by atoms with Gasteiger partial charge in [-0.15, -0.1) is 0 Å². The zero-order valence-corrected chi connectivity index (χ0v) is 10.7. The first-order valence-electron chi connectivity index (χ1n) is 6.30. The van der Waals surface area contributed by atoms with Crippen LogP contribution in [0.1, 0.15) is 6.92 Å². The molecule has 0 spiro atoms. The van der Waals surface area contributed by atoms with Crippen molar-refractivity contribution in [3.8, 4) is 22.8 Å². The molecule has 0 aliphatic heterocycles. The number of hydrogen-bond acceptors (Lipinski definition) is 2. The van der Waals surface area contributed by atoms with Crippen molar-refractivity contribution in [3.05, 3.63) is 48.5 Å². The number of rotatable bonds is 2. The van der Waals surface area contributed by atoms with Gasteiger partial charge in [0.15, 0.2) is 0 Å². The molecular formula is C16H15NO2. The maximum absolute atomic E-state index is 9.61. The summed E-state index contributed by atoms with van der Waals surface area (Å²) in [5.74, 6) is 0.525. The summed E-state index contributed by atoms with van der Waals surface area (Å²) in [6, 6.07) is 14.6. The third-order valence-corrected chi connectivity index (χ3v) is 3.34. The van der Waals surface area contributed by atoms with Gasteiger partial charge in [0.2, 0.25) is 0 Å². The SMILES string of the molecule is CCn1c(-c2cccc(O)c2)cc2cc(O)ccc21. The number of fused-ring (bicyclic) bond motifs is 1. The molecule has 0 amide bonds. The fourth-order valence-electron chi connectivity index (χ4n) is 2.50. The van der Waals surface area contributed by atoms with Crippen LogP contribution in [-0.2, 0) is 6.54 Å². The van der Waals surface area contributed by atoms with E-state index in [2.05, 4.69) is 11.5 Å². The molecule has 0 aliphatic carbocycles. The maximum Gasteiger partial charge on any atom is 0.116 e. The molecule has 2 aromatic carbocycles. The van der Waals surface area contributed by atoms with Crippen molar-refractivity contribution in [2.24, 2.45) is 0 Å². The molecule has 0 saturated heterocycles. The second-order valence-electron chi connectivity index (χ2n) is 4.57. The quantitative estimate of drug-likeness (QED) is 0.730. The molecule has 2 N–H and O–H groups in total. The van der Waals surface area contributed by atoms with Crippen molar-refractivity contribution in [1.82, 2.24) is 4.57 Å². The summed E-state index contributed by atoms with van der Waals surface area (Å²) in [5, 5.41) is 20.2. The number of phenolic OH excluding ortho intramolecular Hbond substituents is 2. The summed E-state index contributed by atoms with van der Waals surface area (Å²) >= 11 is 0. The predicted octanol–water partition coefficient (Wildman–Crippen LogP) is 3.74. The minimum absolute atomic E-state index is 0.258. The van der Waals surface area contributed by atoms with Crippen LogP contribution in [0.2, 0.25) is 0 Å². The van der Waals surface area contributed by atoms with Crippen LogP contribution in [0.25, 0.3) is 22.2 Å². The standard InChI is InChI=1S/C16H15NO2/c1-2-17-15-7-6-14(19)9-12(15)10-16(17)11-4-3-5-13(18)8-11/h3-10,18-19H,2H2,1H3. The Kier molecular flexibility index (Phi) is 2.67. The van der Waals surface area contributed by atoms with Crippen molar-refractivity contribution >= 4 is 10.9 Å². The number of aromatic nitrogens is 1. The zero-order valence-electron chi connectivity index (χ0n) is 10.7. The zero-order chi connectivity index (χ0) is 13.4. The number of aromatic hydroxyl groups is 2. The van der Waals surface area contributed by atoms with Gasteiger partial charge in [0.05, 0.1) is 0 Å². The first-order valence-corrected chi connectivity index (χ1v) is 6.30. The monoisotopic (exact) mass is 253 g/mol. The average Bonchev–Trinajstić information content (AvgIpc) is 2.76. The van der Waals surface area contributed by atoms with Gasteiger partial charge in [-0.1, -0.05) is 12.1 Å². The molecule has 19 heavy (non-hydrogen) atoms. The van der Waals surface area contributed by atoms with E-state index in [4.69, 9.17) is 0 Å². The molecule has 0 unspecified atom stereocenters. The summed E-state index contributed by atoms with van der Waals surface area (Å²) in [7, 11) is 0. The smallest absolute Gasteiger partial charge is 0.116 e. The average molecular weight is 253 g/mol. The molecule has 96 valence electrons. The molecule has 1 aromatic heterocycles. The summed E-state index contributed by atoms with van der Waals surface area (Å²) in [6.07, 6.45) is 0. The number of phenols is 2. The molecule has 1 heterocycles. The lowest BCUT2D eigenvalue weighted by Gasteiger charge is -2.08. The molecule has 3 aromatic rings. The first kappa shape index (κ1) is 11.7. The lowest BCUT2D eigenvalue weighted by Crippen LogP contribution is -1.96. The van der Waals surface area contributed by atoms with E-state index in [9.17, 15) is 10.2 Å². The topological polar surface area (TPSA) is 45.4 Å². The van der Waals surface area contributed by atoms with Crippen LogP contribution in [0.5, 0.6) is 11.5 Å². The molecular weight excluding hydrogens is 238 g/mol. The van der Waals surface area contributed by atoms with E-state index in [0.717, 1.165) is 28.7 Å². The lowest BCUT2D eigenvalue weighted by atomic mass is 10.1. The first-order chi connectivity index (χ1) is 9.19. The third kappa shape index (κ3) is 1.93. The van der Waals surface area contributed by atoms with Crippen LogP contribution in [0.3, 0.4) is 0 Å². The van der Waals surface area contributed by atoms with Crippen LogP contribution in [0.4, 0.5) is 0 Å². The maximum atomic E-state index is 9.61. The van der Waals surface area contributed by atoms with E-state index in [1.807, 2.05) is 24.3 Å². The second-order valence-corrected chi connectivity index (χ2v) is 4.57. The highest BCUT2D eigenvalue weighted by Crippen LogP contribution is 2.31. The molecule has 3 heteroatoms. The van der Waals surface area contributed by atoms with Crippen LogP contribution >= 0.6 is 0 Å². The fourth-order valence-corrected chi connectivity index (χ4v) is 2.50. The van der Waals surface area contributed by atoms with Crippen LogP contribution in [0, 0.1) is 0 Å². The molecule has 0 fully saturated rings. The van der Waals surface area contributed by atoms with Gasteiger partial charge < -0.3 is 14.8 Å². The van der Waals surface area contributed by atoms with Crippen molar-refractivity contribution in [2.45, 2.75) is 13.5 Å². The number of hydrogen-bond donors (Lipinski definition) is 2. The van der Waals surface area contributed by atoms with E-state index in [1.54, 1.807) is 24.3 Å². The Morgan fingerprint density at radius 2 is 1.74 bits per heavy atom. The van der Waals surface area contributed by atoms with Gasteiger partial charge in [0.25, 0.3) is 0 Å². The highest BCUT2D eigenvalue weighted by Gasteiger charge is 2.10. The Labute approximate surface area is 111 Å². The normalized spacial score (nSPS) is 11.0.